The Hall–Kier alpha value is -1.60. The van der Waals surface area contributed by atoms with Crippen LogP contribution in [0.1, 0.15) is 31.2 Å². The van der Waals surface area contributed by atoms with Gasteiger partial charge in [-0.25, -0.2) is 13.1 Å². The maximum atomic E-state index is 12.3. The lowest BCUT2D eigenvalue weighted by molar-refractivity contribution is -0.130. The molecule has 1 saturated heterocycles. The van der Waals surface area contributed by atoms with Crippen LogP contribution in [0.4, 0.5) is 0 Å². The van der Waals surface area contributed by atoms with Crippen LogP contribution in [-0.4, -0.2) is 46.0 Å². The van der Waals surface area contributed by atoms with Gasteiger partial charge in [-0.15, -0.1) is 0 Å². The van der Waals surface area contributed by atoms with Crippen LogP contribution in [-0.2, 0) is 14.8 Å². The highest BCUT2D eigenvalue weighted by molar-refractivity contribution is 7.89. The summed E-state index contributed by atoms with van der Waals surface area (Å²) >= 11 is 0. The minimum Gasteiger partial charge on any atom is -0.496 e. The van der Waals surface area contributed by atoms with Crippen molar-refractivity contribution in [3.05, 3.63) is 23.8 Å². The summed E-state index contributed by atoms with van der Waals surface area (Å²) in [6.45, 7) is 3.14. The number of hydrogen-bond acceptors (Lipinski definition) is 4. The zero-order valence-electron chi connectivity index (χ0n) is 13.7. The smallest absolute Gasteiger partial charge is 0.240 e. The predicted octanol–water partition coefficient (Wildman–Crippen LogP) is 1.68. The molecule has 0 aromatic heterocycles. The molecule has 0 bridgehead atoms. The van der Waals surface area contributed by atoms with Crippen molar-refractivity contribution in [3.8, 4) is 5.75 Å². The number of carbonyl (C=O) groups excluding carboxylic acids is 1. The van der Waals surface area contributed by atoms with Crippen molar-refractivity contribution in [1.29, 1.82) is 0 Å². The lowest BCUT2D eigenvalue weighted by Gasteiger charge is -2.20. The van der Waals surface area contributed by atoms with Gasteiger partial charge in [-0.3, -0.25) is 4.79 Å². The molecule has 0 radical (unpaired) electrons. The molecule has 1 N–H and O–H groups in total. The highest BCUT2D eigenvalue weighted by atomic mass is 32.2. The van der Waals surface area contributed by atoms with E-state index < -0.39 is 10.0 Å². The molecule has 0 aliphatic carbocycles. The second-order valence-corrected chi connectivity index (χ2v) is 7.49. The second-order valence-electron chi connectivity index (χ2n) is 5.72. The average molecular weight is 340 g/mol. The van der Waals surface area contributed by atoms with E-state index in [0.717, 1.165) is 24.8 Å². The van der Waals surface area contributed by atoms with Crippen LogP contribution in [0.25, 0.3) is 0 Å². The van der Waals surface area contributed by atoms with Gasteiger partial charge in [-0.1, -0.05) is 6.42 Å². The lowest BCUT2D eigenvalue weighted by atomic mass is 10.2. The normalized spacial score (nSPS) is 16.3. The third-order valence-corrected chi connectivity index (χ3v) is 5.48. The van der Waals surface area contributed by atoms with Crippen LogP contribution in [0.15, 0.2) is 23.1 Å². The summed E-state index contributed by atoms with van der Waals surface area (Å²) in [5.74, 6) is 0.765. The minimum absolute atomic E-state index is 0.113. The number of likely N-dealkylation sites (tertiary alicyclic amines) is 1. The molecule has 1 amide bonds. The largest absolute Gasteiger partial charge is 0.496 e. The van der Waals surface area contributed by atoms with E-state index in [1.165, 1.54) is 6.07 Å². The maximum Gasteiger partial charge on any atom is 0.240 e. The van der Waals surface area contributed by atoms with Crippen LogP contribution in [0.5, 0.6) is 5.75 Å². The average Bonchev–Trinajstić information content (AvgIpc) is 2.72. The zero-order valence-corrected chi connectivity index (χ0v) is 14.5. The molecule has 0 spiro atoms. The van der Waals surface area contributed by atoms with Crippen molar-refractivity contribution in [3.63, 3.8) is 0 Å². The van der Waals surface area contributed by atoms with Crippen molar-refractivity contribution < 1.29 is 17.9 Å². The van der Waals surface area contributed by atoms with Crippen LogP contribution < -0.4 is 9.46 Å². The van der Waals surface area contributed by atoms with E-state index in [2.05, 4.69) is 4.72 Å². The monoisotopic (exact) mass is 340 g/mol. The van der Waals surface area contributed by atoms with Crippen molar-refractivity contribution in [2.24, 2.45) is 0 Å². The van der Waals surface area contributed by atoms with Crippen LogP contribution >= 0.6 is 0 Å². The Morgan fingerprint density at radius 2 is 2.04 bits per heavy atom. The van der Waals surface area contributed by atoms with Crippen molar-refractivity contribution >= 4 is 15.9 Å². The van der Waals surface area contributed by atoms with E-state index in [4.69, 9.17) is 4.74 Å². The number of benzene rings is 1. The SMILES string of the molecule is COc1ccc(S(=O)(=O)NCCN2CCCCCC2=O)cc1C. The van der Waals surface area contributed by atoms with Gasteiger partial charge in [0.05, 0.1) is 12.0 Å². The number of amides is 1. The minimum atomic E-state index is -3.58. The first-order chi connectivity index (χ1) is 10.9. The molecule has 1 aromatic carbocycles. The highest BCUT2D eigenvalue weighted by Crippen LogP contribution is 2.21. The van der Waals surface area contributed by atoms with Gasteiger partial charge in [-0.2, -0.15) is 0 Å². The summed E-state index contributed by atoms with van der Waals surface area (Å²) in [6, 6.07) is 4.74. The first-order valence-corrected chi connectivity index (χ1v) is 9.34. The fraction of sp³-hybridized carbons (Fsp3) is 0.562. The Balaban J connectivity index is 1.96. The fourth-order valence-corrected chi connectivity index (χ4v) is 3.80. The first-order valence-electron chi connectivity index (χ1n) is 7.86. The van der Waals surface area contributed by atoms with Gasteiger partial charge in [0.15, 0.2) is 0 Å². The molecule has 1 fully saturated rings. The van der Waals surface area contributed by atoms with Gasteiger partial charge in [0.2, 0.25) is 15.9 Å². The molecule has 1 aliphatic rings. The second kappa shape index (κ2) is 7.79. The van der Waals surface area contributed by atoms with Crippen molar-refractivity contribution in [2.45, 2.75) is 37.5 Å². The molecule has 128 valence electrons. The Bertz CT molecular complexity index is 658. The molecular weight excluding hydrogens is 316 g/mol. The summed E-state index contributed by atoms with van der Waals surface area (Å²) in [7, 11) is -2.03. The Morgan fingerprint density at radius 1 is 1.26 bits per heavy atom. The molecule has 1 heterocycles. The zero-order chi connectivity index (χ0) is 16.9. The number of aryl methyl sites for hydroxylation is 1. The standard InChI is InChI=1S/C16H24N2O4S/c1-13-12-14(7-8-15(13)22-2)23(20,21)17-9-11-18-10-5-3-4-6-16(18)19/h7-8,12,17H,3-6,9-11H2,1-2H3. The van der Waals surface area contributed by atoms with E-state index in [9.17, 15) is 13.2 Å². The lowest BCUT2D eigenvalue weighted by Crippen LogP contribution is -2.38. The van der Waals surface area contributed by atoms with Gasteiger partial charge in [0, 0.05) is 26.1 Å². The predicted molar refractivity (Wildman–Crippen MR) is 88.0 cm³/mol. The number of carbonyl (C=O) groups is 1. The number of methoxy groups -OCH3 is 1. The third-order valence-electron chi connectivity index (χ3n) is 4.02. The molecule has 6 nitrogen and oxygen atoms in total. The molecule has 23 heavy (non-hydrogen) atoms. The summed E-state index contributed by atoms with van der Waals surface area (Å²) < 4.78 is 32.3. The molecule has 0 saturated carbocycles. The molecular formula is C16H24N2O4S. The highest BCUT2D eigenvalue weighted by Gasteiger charge is 2.19. The van der Waals surface area contributed by atoms with Crippen LogP contribution in [0, 0.1) is 6.92 Å². The van der Waals surface area contributed by atoms with E-state index in [1.54, 1.807) is 31.1 Å². The van der Waals surface area contributed by atoms with Crippen molar-refractivity contribution in [2.75, 3.05) is 26.7 Å². The van der Waals surface area contributed by atoms with Gasteiger partial charge in [-0.05, 0) is 43.5 Å². The van der Waals surface area contributed by atoms with E-state index in [-0.39, 0.29) is 17.3 Å². The van der Waals surface area contributed by atoms with Gasteiger partial charge < -0.3 is 9.64 Å². The molecule has 2 rings (SSSR count). The Kier molecular flexibility index (Phi) is 6.01. The molecule has 0 atom stereocenters. The number of nitrogens with one attached hydrogen (secondary N) is 1. The Labute approximate surface area is 137 Å². The number of rotatable bonds is 6. The topological polar surface area (TPSA) is 75.7 Å². The number of hydrogen-bond donors (Lipinski definition) is 1. The maximum absolute atomic E-state index is 12.3. The first kappa shape index (κ1) is 17.7. The summed E-state index contributed by atoms with van der Waals surface area (Å²) in [6.07, 6.45) is 3.52. The molecule has 1 aromatic rings. The fourth-order valence-electron chi connectivity index (χ4n) is 2.69. The van der Waals surface area contributed by atoms with E-state index >= 15 is 0 Å². The van der Waals surface area contributed by atoms with Gasteiger partial charge in [0.1, 0.15) is 5.75 Å². The molecule has 0 unspecified atom stereocenters. The van der Waals surface area contributed by atoms with Gasteiger partial charge in [0.25, 0.3) is 0 Å². The third kappa shape index (κ3) is 4.68. The van der Waals surface area contributed by atoms with E-state index in [0.29, 0.717) is 25.3 Å². The van der Waals surface area contributed by atoms with Crippen LogP contribution in [0.2, 0.25) is 0 Å². The molecule has 7 heteroatoms. The summed E-state index contributed by atoms with van der Waals surface area (Å²) in [4.78, 5) is 13.8. The molecule has 1 aliphatic heterocycles. The van der Waals surface area contributed by atoms with Crippen LogP contribution in [0.3, 0.4) is 0 Å². The number of nitrogens with zero attached hydrogens (tertiary/aromatic N) is 1. The van der Waals surface area contributed by atoms with Crippen molar-refractivity contribution in [1.82, 2.24) is 9.62 Å². The number of ether oxygens (including phenoxy) is 1. The number of sulfonamides is 1. The summed E-state index contributed by atoms with van der Waals surface area (Å²) in [5, 5.41) is 0. The summed E-state index contributed by atoms with van der Waals surface area (Å²) in [5.41, 5.74) is 0.762. The van der Waals surface area contributed by atoms with E-state index in [1.807, 2.05) is 0 Å². The quantitative estimate of drug-likeness (QED) is 0.855. The van der Waals surface area contributed by atoms with Gasteiger partial charge >= 0.3 is 0 Å². The Morgan fingerprint density at radius 3 is 2.74 bits per heavy atom.